The van der Waals surface area contributed by atoms with E-state index in [2.05, 4.69) is 26.6 Å². The van der Waals surface area contributed by atoms with Crippen LogP contribution in [0.4, 0.5) is 0 Å². The third-order valence-corrected chi connectivity index (χ3v) is 7.83. The first-order valence-electron chi connectivity index (χ1n) is 16.6. The Bertz CT molecular complexity index is 1240. The van der Waals surface area contributed by atoms with E-state index in [1.165, 1.54) is 0 Å². The molecule has 3 rings (SSSR count). The van der Waals surface area contributed by atoms with Gasteiger partial charge in [0.15, 0.2) is 6.29 Å². The van der Waals surface area contributed by atoms with Gasteiger partial charge in [-0.25, -0.2) is 0 Å². The average Bonchev–Trinajstić information content (AvgIpc) is 3.59. The zero-order valence-corrected chi connectivity index (χ0v) is 27.8. The predicted octanol–water partition coefficient (Wildman–Crippen LogP) is 1.18. The van der Waals surface area contributed by atoms with Gasteiger partial charge in [0.2, 0.25) is 23.6 Å². The quantitative estimate of drug-likeness (QED) is 0.116. The van der Waals surface area contributed by atoms with Crippen LogP contribution < -0.4 is 32.3 Å². The van der Waals surface area contributed by atoms with Gasteiger partial charge in [-0.05, 0) is 62.7 Å². The Balaban J connectivity index is 1.72. The molecule has 12 heteroatoms. The Morgan fingerprint density at radius 2 is 1.30 bits per heavy atom. The lowest BCUT2D eigenvalue weighted by Crippen LogP contribution is -2.58. The van der Waals surface area contributed by atoms with Gasteiger partial charge in [-0.1, -0.05) is 74.5 Å². The van der Waals surface area contributed by atoms with E-state index in [1.54, 1.807) is 0 Å². The van der Waals surface area contributed by atoms with E-state index in [-0.39, 0.29) is 24.8 Å². The maximum Gasteiger partial charge on any atom is 0.243 e. The number of benzene rings is 2. The summed E-state index contributed by atoms with van der Waals surface area (Å²) >= 11 is 0. The molecule has 0 unspecified atom stereocenters. The molecule has 0 radical (unpaired) electrons. The van der Waals surface area contributed by atoms with Gasteiger partial charge in [-0.2, -0.15) is 0 Å². The molecule has 2 aromatic rings. The van der Waals surface area contributed by atoms with Crippen molar-refractivity contribution in [2.75, 3.05) is 33.4 Å². The molecule has 0 bridgehead atoms. The molecule has 0 aromatic heterocycles. The molecule has 0 spiro atoms. The van der Waals surface area contributed by atoms with Gasteiger partial charge < -0.3 is 41.8 Å². The number of unbranched alkanes of at least 4 members (excludes halogenated alkanes) is 1. The van der Waals surface area contributed by atoms with E-state index < -0.39 is 48.2 Å². The highest BCUT2D eigenvalue weighted by atomic mass is 16.7. The summed E-state index contributed by atoms with van der Waals surface area (Å²) in [5.74, 6) is -1.76. The van der Waals surface area contributed by atoms with Crippen molar-refractivity contribution in [3.05, 3.63) is 71.8 Å². The van der Waals surface area contributed by atoms with Gasteiger partial charge in [0.25, 0.3) is 0 Å². The van der Waals surface area contributed by atoms with Crippen LogP contribution in [0.3, 0.4) is 0 Å². The zero-order chi connectivity index (χ0) is 34.0. The Labute approximate surface area is 278 Å². The van der Waals surface area contributed by atoms with Crippen molar-refractivity contribution in [3.63, 3.8) is 0 Å². The fraction of sp³-hybridized carbons (Fsp3) is 0.543. The van der Waals surface area contributed by atoms with Gasteiger partial charge in [0, 0.05) is 6.42 Å². The number of ether oxygens (including phenoxy) is 2. The van der Waals surface area contributed by atoms with Crippen molar-refractivity contribution in [2.45, 2.75) is 82.8 Å². The van der Waals surface area contributed by atoms with Crippen molar-refractivity contribution in [1.82, 2.24) is 26.6 Å². The molecule has 2 aromatic carbocycles. The second-order valence-corrected chi connectivity index (χ2v) is 12.3. The summed E-state index contributed by atoms with van der Waals surface area (Å²) in [7, 11) is 1.86. The first kappa shape index (κ1) is 37.6. The highest BCUT2D eigenvalue weighted by Crippen LogP contribution is 2.11. The van der Waals surface area contributed by atoms with Crippen molar-refractivity contribution in [2.24, 2.45) is 11.7 Å². The highest BCUT2D eigenvalue weighted by Gasteiger charge is 2.31. The third kappa shape index (κ3) is 13.8. The molecule has 1 heterocycles. The van der Waals surface area contributed by atoms with Crippen LogP contribution in [-0.2, 0) is 41.5 Å². The van der Waals surface area contributed by atoms with Gasteiger partial charge >= 0.3 is 0 Å². The number of carbonyl (C=O) groups excluding carboxylic acids is 4. The third-order valence-electron chi connectivity index (χ3n) is 7.83. The van der Waals surface area contributed by atoms with E-state index in [0.717, 1.165) is 24.1 Å². The van der Waals surface area contributed by atoms with E-state index in [9.17, 15) is 19.2 Å². The fourth-order valence-corrected chi connectivity index (χ4v) is 5.30. The Hall–Kier alpha value is -3.84. The van der Waals surface area contributed by atoms with E-state index in [4.69, 9.17) is 15.2 Å². The Morgan fingerprint density at radius 1 is 0.745 bits per heavy atom. The highest BCUT2D eigenvalue weighted by molar-refractivity contribution is 5.95. The summed E-state index contributed by atoms with van der Waals surface area (Å²) in [4.78, 5) is 53.9. The zero-order valence-electron chi connectivity index (χ0n) is 27.8. The minimum absolute atomic E-state index is 0.0482. The second kappa shape index (κ2) is 20.4. The first-order chi connectivity index (χ1) is 22.7. The van der Waals surface area contributed by atoms with Crippen LogP contribution in [0, 0.1) is 5.92 Å². The molecule has 0 saturated carbocycles. The normalized spacial score (nSPS) is 15.8. The molecule has 258 valence electrons. The van der Waals surface area contributed by atoms with Crippen molar-refractivity contribution in [3.8, 4) is 0 Å². The molecule has 0 aliphatic carbocycles. The lowest BCUT2D eigenvalue weighted by molar-refractivity contribution is -0.134. The van der Waals surface area contributed by atoms with Gasteiger partial charge in [0.1, 0.15) is 18.1 Å². The largest absolute Gasteiger partial charge is 0.349 e. The average molecular weight is 653 g/mol. The van der Waals surface area contributed by atoms with Gasteiger partial charge in [-0.3, -0.25) is 19.2 Å². The SMILES string of the molecule is CNCCCC[C@@H](NC(=O)[C@@H](CC(C)C)NC(=O)[C@@H](Cc1ccccc1)NC(=O)[C@H](N)Cc1ccccc1)C(=O)NCC1OCCO1. The summed E-state index contributed by atoms with van der Waals surface area (Å²) in [5, 5.41) is 14.5. The maximum atomic E-state index is 13.8. The molecule has 1 aliphatic rings. The molecule has 1 fully saturated rings. The van der Waals surface area contributed by atoms with Crippen molar-refractivity contribution >= 4 is 23.6 Å². The fourth-order valence-electron chi connectivity index (χ4n) is 5.30. The molecular formula is C35H52N6O6. The molecule has 4 atom stereocenters. The van der Waals surface area contributed by atoms with Crippen LogP contribution in [0.5, 0.6) is 0 Å². The predicted molar refractivity (Wildman–Crippen MR) is 180 cm³/mol. The Morgan fingerprint density at radius 3 is 1.89 bits per heavy atom. The number of amides is 4. The van der Waals surface area contributed by atoms with Gasteiger partial charge in [0.05, 0.1) is 25.8 Å². The van der Waals surface area contributed by atoms with E-state index in [0.29, 0.717) is 38.9 Å². The molecule has 12 nitrogen and oxygen atoms in total. The molecular weight excluding hydrogens is 600 g/mol. The van der Waals surface area contributed by atoms with E-state index in [1.807, 2.05) is 81.6 Å². The summed E-state index contributed by atoms with van der Waals surface area (Å²) in [6.45, 7) is 5.77. The molecule has 47 heavy (non-hydrogen) atoms. The minimum atomic E-state index is -0.985. The monoisotopic (exact) mass is 652 g/mol. The summed E-state index contributed by atoms with van der Waals surface area (Å²) in [6, 6.07) is 15.1. The van der Waals surface area contributed by atoms with Crippen LogP contribution >= 0.6 is 0 Å². The Kier molecular flexibility index (Phi) is 16.3. The van der Waals surface area contributed by atoms with Crippen molar-refractivity contribution < 1.29 is 28.7 Å². The summed E-state index contributed by atoms with van der Waals surface area (Å²) in [5.41, 5.74) is 7.99. The maximum absolute atomic E-state index is 13.8. The summed E-state index contributed by atoms with van der Waals surface area (Å²) < 4.78 is 10.8. The lowest BCUT2D eigenvalue weighted by Gasteiger charge is -2.27. The smallest absolute Gasteiger partial charge is 0.243 e. The number of nitrogens with two attached hydrogens (primary N) is 1. The van der Waals surface area contributed by atoms with Crippen LogP contribution in [0.25, 0.3) is 0 Å². The van der Waals surface area contributed by atoms with Gasteiger partial charge in [-0.15, -0.1) is 0 Å². The number of nitrogens with one attached hydrogen (secondary N) is 5. The number of carbonyl (C=O) groups is 4. The van der Waals surface area contributed by atoms with Crippen LogP contribution in [0.15, 0.2) is 60.7 Å². The van der Waals surface area contributed by atoms with E-state index >= 15 is 0 Å². The number of hydrogen-bond donors (Lipinski definition) is 6. The first-order valence-corrected chi connectivity index (χ1v) is 16.6. The molecule has 7 N–H and O–H groups in total. The van der Waals surface area contributed by atoms with Crippen LogP contribution in [-0.4, -0.2) is 87.4 Å². The van der Waals surface area contributed by atoms with Crippen molar-refractivity contribution in [1.29, 1.82) is 0 Å². The second-order valence-electron chi connectivity index (χ2n) is 12.3. The standard InChI is InChI=1S/C35H52N6O6/c1-24(2)20-29(34(44)39-28(16-10-11-17-37-3)33(43)38-23-31-46-18-19-47-31)41-35(45)30(22-26-14-8-5-9-15-26)40-32(42)27(36)21-25-12-6-4-7-13-25/h4-9,12-15,24,27-31,37H,10-11,16-23,36H2,1-3H3,(H,38,43)(H,39,44)(H,40,42)(H,41,45)/t27-,28-,29-,30-/m1/s1. The van der Waals surface area contributed by atoms with Crippen LogP contribution in [0.2, 0.25) is 0 Å². The number of rotatable bonds is 20. The minimum Gasteiger partial charge on any atom is -0.349 e. The number of hydrogen-bond acceptors (Lipinski definition) is 8. The topological polar surface area (TPSA) is 173 Å². The molecule has 1 saturated heterocycles. The summed E-state index contributed by atoms with van der Waals surface area (Å²) in [6.07, 6.45) is 2.26. The lowest BCUT2D eigenvalue weighted by atomic mass is 9.99. The molecule has 1 aliphatic heterocycles. The molecule has 4 amide bonds. The van der Waals surface area contributed by atoms with Crippen LogP contribution in [0.1, 0.15) is 50.7 Å².